The molecule has 20 heavy (non-hydrogen) atoms. The maximum atomic E-state index is 5.64. The van der Waals surface area contributed by atoms with Crippen LogP contribution in [-0.2, 0) is 9.47 Å². The lowest BCUT2D eigenvalue weighted by Crippen LogP contribution is -2.58. The first-order chi connectivity index (χ1) is 9.54. The van der Waals surface area contributed by atoms with E-state index in [0.717, 1.165) is 32.2 Å². The molecule has 2 unspecified atom stereocenters. The van der Waals surface area contributed by atoms with Crippen LogP contribution in [0.5, 0.6) is 0 Å². The molecule has 1 saturated heterocycles. The lowest BCUT2D eigenvalue weighted by Gasteiger charge is -2.42. The van der Waals surface area contributed by atoms with E-state index in [9.17, 15) is 0 Å². The van der Waals surface area contributed by atoms with E-state index in [-0.39, 0.29) is 0 Å². The van der Waals surface area contributed by atoms with Crippen molar-refractivity contribution in [1.82, 2.24) is 10.2 Å². The van der Waals surface area contributed by atoms with E-state index in [1.807, 2.05) is 0 Å². The Kier molecular flexibility index (Phi) is 8.69. The van der Waals surface area contributed by atoms with Crippen LogP contribution in [0.4, 0.5) is 0 Å². The summed E-state index contributed by atoms with van der Waals surface area (Å²) in [4.78, 5) is 2.62. The van der Waals surface area contributed by atoms with Crippen LogP contribution in [0.25, 0.3) is 0 Å². The van der Waals surface area contributed by atoms with Gasteiger partial charge < -0.3 is 14.8 Å². The second-order valence-corrected chi connectivity index (χ2v) is 6.64. The fourth-order valence-electron chi connectivity index (χ4n) is 2.81. The van der Waals surface area contributed by atoms with Crippen LogP contribution in [0.15, 0.2) is 0 Å². The molecule has 1 rings (SSSR count). The second kappa shape index (κ2) is 9.72. The van der Waals surface area contributed by atoms with E-state index in [2.05, 4.69) is 37.9 Å². The maximum absolute atomic E-state index is 5.64. The van der Waals surface area contributed by atoms with Crippen molar-refractivity contribution in [3.05, 3.63) is 0 Å². The molecule has 4 heteroatoms. The van der Waals surface area contributed by atoms with E-state index in [1.165, 1.54) is 6.42 Å². The van der Waals surface area contributed by atoms with E-state index >= 15 is 0 Å². The Morgan fingerprint density at radius 1 is 1.15 bits per heavy atom. The minimum Gasteiger partial charge on any atom is -0.382 e. The first kappa shape index (κ1) is 17.9. The Hall–Kier alpha value is -0.160. The summed E-state index contributed by atoms with van der Waals surface area (Å²) in [6.07, 6.45) is 1.26. The van der Waals surface area contributed by atoms with Crippen molar-refractivity contribution in [2.24, 2.45) is 11.8 Å². The van der Waals surface area contributed by atoms with Crippen LogP contribution in [0.2, 0.25) is 0 Å². The van der Waals surface area contributed by atoms with Crippen molar-refractivity contribution in [3.8, 4) is 0 Å². The molecule has 1 aliphatic heterocycles. The third-order valence-electron chi connectivity index (χ3n) is 4.07. The van der Waals surface area contributed by atoms with Gasteiger partial charge in [0.15, 0.2) is 0 Å². The van der Waals surface area contributed by atoms with E-state index in [1.54, 1.807) is 7.11 Å². The monoisotopic (exact) mass is 286 g/mol. The molecule has 1 aliphatic rings. The molecule has 0 spiro atoms. The number of hydrogen-bond donors (Lipinski definition) is 1. The average molecular weight is 286 g/mol. The number of rotatable bonds is 9. The van der Waals surface area contributed by atoms with Crippen LogP contribution in [-0.4, -0.2) is 63.5 Å². The standard InChI is InChI=1S/C16H34N2O2/c1-13(2)10-15-11-17-16(14(3)4)12-18(15)6-7-20-9-8-19-5/h13-17H,6-12H2,1-5H3. The van der Waals surface area contributed by atoms with Crippen LogP contribution < -0.4 is 5.32 Å². The Morgan fingerprint density at radius 2 is 1.90 bits per heavy atom. The Bertz CT molecular complexity index is 247. The van der Waals surface area contributed by atoms with Crippen molar-refractivity contribution >= 4 is 0 Å². The summed E-state index contributed by atoms with van der Waals surface area (Å²) >= 11 is 0. The molecule has 4 nitrogen and oxygen atoms in total. The average Bonchev–Trinajstić information content (AvgIpc) is 2.39. The molecule has 0 aliphatic carbocycles. The zero-order valence-electron chi connectivity index (χ0n) is 14.0. The highest BCUT2D eigenvalue weighted by atomic mass is 16.5. The van der Waals surface area contributed by atoms with Gasteiger partial charge in [-0.25, -0.2) is 0 Å². The summed E-state index contributed by atoms with van der Waals surface area (Å²) in [5, 5.41) is 3.71. The van der Waals surface area contributed by atoms with Crippen molar-refractivity contribution in [2.45, 2.75) is 46.2 Å². The Morgan fingerprint density at radius 3 is 2.50 bits per heavy atom. The van der Waals surface area contributed by atoms with Gasteiger partial charge in [-0.2, -0.15) is 0 Å². The van der Waals surface area contributed by atoms with Gasteiger partial charge in [0.1, 0.15) is 0 Å². The summed E-state index contributed by atoms with van der Waals surface area (Å²) < 4.78 is 10.6. The second-order valence-electron chi connectivity index (χ2n) is 6.64. The number of ether oxygens (including phenoxy) is 2. The normalized spacial score (nSPS) is 24.8. The highest BCUT2D eigenvalue weighted by molar-refractivity contribution is 4.87. The first-order valence-corrected chi connectivity index (χ1v) is 8.08. The van der Waals surface area contributed by atoms with Gasteiger partial charge in [0.2, 0.25) is 0 Å². The summed E-state index contributed by atoms with van der Waals surface area (Å²) in [6.45, 7) is 14.7. The van der Waals surface area contributed by atoms with Crippen LogP contribution >= 0.6 is 0 Å². The number of nitrogens with zero attached hydrogens (tertiary/aromatic N) is 1. The summed E-state index contributed by atoms with van der Waals surface area (Å²) in [5.74, 6) is 1.43. The molecule has 0 aromatic rings. The summed E-state index contributed by atoms with van der Waals surface area (Å²) in [6, 6.07) is 1.26. The number of piperazine rings is 1. The molecular weight excluding hydrogens is 252 g/mol. The van der Waals surface area contributed by atoms with Gasteiger partial charge in [-0.1, -0.05) is 27.7 Å². The zero-order chi connectivity index (χ0) is 15.0. The highest BCUT2D eigenvalue weighted by Crippen LogP contribution is 2.18. The molecular formula is C16H34N2O2. The molecule has 2 atom stereocenters. The smallest absolute Gasteiger partial charge is 0.0700 e. The number of hydrogen-bond acceptors (Lipinski definition) is 4. The molecule has 1 heterocycles. The molecule has 0 amide bonds. The van der Waals surface area contributed by atoms with E-state index in [4.69, 9.17) is 9.47 Å². The molecule has 1 N–H and O–H groups in total. The van der Waals surface area contributed by atoms with Gasteiger partial charge in [0.05, 0.1) is 19.8 Å². The van der Waals surface area contributed by atoms with E-state index in [0.29, 0.717) is 31.2 Å². The lowest BCUT2D eigenvalue weighted by atomic mass is 9.95. The Labute approximate surface area is 125 Å². The van der Waals surface area contributed by atoms with Crippen LogP contribution in [0.3, 0.4) is 0 Å². The molecule has 120 valence electrons. The highest BCUT2D eigenvalue weighted by Gasteiger charge is 2.29. The third-order valence-corrected chi connectivity index (χ3v) is 4.07. The van der Waals surface area contributed by atoms with Gasteiger partial charge in [-0.05, 0) is 18.3 Å². The predicted molar refractivity (Wildman–Crippen MR) is 84.1 cm³/mol. The number of methoxy groups -OCH3 is 1. The molecule has 0 aromatic heterocycles. The largest absolute Gasteiger partial charge is 0.382 e. The van der Waals surface area contributed by atoms with Gasteiger partial charge >= 0.3 is 0 Å². The fourth-order valence-corrected chi connectivity index (χ4v) is 2.81. The molecule has 0 saturated carbocycles. The minimum atomic E-state index is 0.609. The van der Waals surface area contributed by atoms with Crippen LogP contribution in [0.1, 0.15) is 34.1 Å². The SMILES string of the molecule is COCCOCCN1CC(C(C)C)NCC1CC(C)C. The van der Waals surface area contributed by atoms with Crippen molar-refractivity contribution in [2.75, 3.05) is 46.6 Å². The zero-order valence-corrected chi connectivity index (χ0v) is 14.0. The molecule has 0 bridgehead atoms. The molecule has 1 fully saturated rings. The van der Waals surface area contributed by atoms with Crippen molar-refractivity contribution in [1.29, 1.82) is 0 Å². The Balaban J connectivity index is 2.40. The summed E-state index contributed by atoms with van der Waals surface area (Å²) in [7, 11) is 1.71. The van der Waals surface area contributed by atoms with Gasteiger partial charge in [-0.15, -0.1) is 0 Å². The fraction of sp³-hybridized carbons (Fsp3) is 1.00. The topological polar surface area (TPSA) is 33.7 Å². The maximum Gasteiger partial charge on any atom is 0.0700 e. The van der Waals surface area contributed by atoms with Crippen molar-refractivity contribution in [3.63, 3.8) is 0 Å². The third kappa shape index (κ3) is 6.53. The first-order valence-electron chi connectivity index (χ1n) is 8.08. The lowest BCUT2D eigenvalue weighted by molar-refractivity contribution is 0.0321. The minimum absolute atomic E-state index is 0.609. The molecule has 0 aromatic carbocycles. The van der Waals surface area contributed by atoms with Gasteiger partial charge in [0.25, 0.3) is 0 Å². The quantitative estimate of drug-likeness (QED) is 0.657. The van der Waals surface area contributed by atoms with Crippen LogP contribution in [0, 0.1) is 11.8 Å². The molecule has 0 radical (unpaired) electrons. The van der Waals surface area contributed by atoms with E-state index < -0.39 is 0 Å². The predicted octanol–water partition coefficient (Wildman–Crippen LogP) is 1.99. The summed E-state index contributed by atoms with van der Waals surface area (Å²) in [5.41, 5.74) is 0. The number of nitrogens with one attached hydrogen (secondary N) is 1. The van der Waals surface area contributed by atoms with Crippen molar-refractivity contribution < 1.29 is 9.47 Å². The van der Waals surface area contributed by atoms with Gasteiger partial charge in [-0.3, -0.25) is 4.90 Å². The van der Waals surface area contributed by atoms with Gasteiger partial charge in [0, 0.05) is 38.8 Å².